The molecule has 73 heavy (non-hydrogen) atoms. The van der Waals surface area contributed by atoms with Crippen LogP contribution in [0.4, 0.5) is 15.3 Å². The Balaban J connectivity index is 0.973. The van der Waals surface area contributed by atoms with E-state index in [1.165, 1.54) is 12.2 Å². The molecule has 7 N–H and O–H groups in total. The summed E-state index contributed by atoms with van der Waals surface area (Å²) >= 11 is 0. The van der Waals surface area contributed by atoms with E-state index >= 15 is 0 Å². The second-order valence-corrected chi connectivity index (χ2v) is 18.0. The lowest BCUT2D eigenvalue weighted by Gasteiger charge is -2.25. The highest BCUT2D eigenvalue weighted by Gasteiger charge is 2.30. The number of unbranched alkanes of at least 4 members (excludes halogenated alkanes) is 2. The lowest BCUT2D eigenvalue weighted by Crippen LogP contribution is -2.54. The van der Waals surface area contributed by atoms with E-state index in [1.54, 1.807) is 43.0 Å². The van der Waals surface area contributed by atoms with E-state index in [1.807, 2.05) is 73.7 Å². The molecule has 5 aromatic rings. The van der Waals surface area contributed by atoms with E-state index in [9.17, 15) is 33.6 Å². The van der Waals surface area contributed by atoms with Gasteiger partial charge in [0.1, 0.15) is 30.2 Å². The predicted molar refractivity (Wildman–Crippen MR) is 269 cm³/mol. The van der Waals surface area contributed by atoms with Crippen molar-refractivity contribution in [1.82, 2.24) is 40.7 Å². The third-order valence-corrected chi connectivity index (χ3v) is 12.0. The summed E-state index contributed by atoms with van der Waals surface area (Å²) in [7, 11) is 0. The first-order valence-electron chi connectivity index (χ1n) is 24.2. The molecule has 2 atom stereocenters. The summed E-state index contributed by atoms with van der Waals surface area (Å²) in [6.45, 7) is 6.17. The maximum absolute atomic E-state index is 14.0. The van der Waals surface area contributed by atoms with Crippen LogP contribution in [-0.4, -0.2) is 98.4 Å². The molecule has 7 rings (SSSR count). The Labute approximate surface area is 422 Å². The first kappa shape index (κ1) is 52.3. The van der Waals surface area contributed by atoms with Crippen LogP contribution < -0.4 is 36.5 Å². The molecule has 3 aromatic carbocycles. The molecule has 0 fully saturated rings. The fourth-order valence-corrected chi connectivity index (χ4v) is 8.15. The molecular weight excluding hydrogens is 937 g/mol. The number of nitrogens with one attached hydrogen (secondary N) is 5. The molecule has 8 amide bonds. The van der Waals surface area contributed by atoms with E-state index in [4.69, 9.17) is 29.9 Å². The number of H-pyrrole nitrogens is 1. The number of urea groups is 1. The number of aromatic nitrogens is 3. The zero-order valence-electron chi connectivity index (χ0n) is 41.0. The Bertz CT molecular complexity index is 2800. The second-order valence-electron chi connectivity index (χ2n) is 18.0. The number of hydrogen-bond donors (Lipinski definition) is 6. The van der Waals surface area contributed by atoms with Crippen molar-refractivity contribution >= 4 is 47.3 Å². The molecule has 0 saturated carbocycles. The van der Waals surface area contributed by atoms with Crippen molar-refractivity contribution in [2.75, 3.05) is 25.2 Å². The number of carbonyl (C=O) groups excluding carboxylic acids is 7. The van der Waals surface area contributed by atoms with Crippen LogP contribution in [0.1, 0.15) is 75.0 Å². The van der Waals surface area contributed by atoms with Crippen molar-refractivity contribution in [3.8, 4) is 34.1 Å². The van der Waals surface area contributed by atoms with Gasteiger partial charge in [0.05, 0.1) is 17.9 Å². The Morgan fingerprint density at radius 2 is 1.56 bits per heavy atom. The molecule has 4 heterocycles. The van der Waals surface area contributed by atoms with Crippen molar-refractivity contribution in [3.05, 3.63) is 126 Å². The summed E-state index contributed by atoms with van der Waals surface area (Å²) < 4.78 is 17.1. The minimum absolute atomic E-state index is 0.0652. The Morgan fingerprint density at radius 1 is 0.808 bits per heavy atom. The molecule has 0 saturated heterocycles. The number of imidazole rings is 1. The third kappa shape index (κ3) is 14.8. The smallest absolute Gasteiger partial charge is 0.410 e. The van der Waals surface area contributed by atoms with Crippen LogP contribution in [0, 0.1) is 12.8 Å². The number of benzene rings is 3. The summed E-state index contributed by atoms with van der Waals surface area (Å²) in [6, 6.07) is 24.8. The zero-order valence-corrected chi connectivity index (χ0v) is 41.0. The molecule has 2 aromatic heterocycles. The lowest BCUT2D eigenvalue weighted by molar-refractivity contribution is -0.137. The number of nitrogens with zero attached hydrogens (tertiary/aromatic N) is 4. The first-order valence-corrected chi connectivity index (χ1v) is 24.2. The van der Waals surface area contributed by atoms with E-state index in [0.29, 0.717) is 71.3 Å². The number of imide groups is 1. The maximum atomic E-state index is 14.0. The monoisotopic (exact) mass is 996 g/mol. The Morgan fingerprint density at radius 3 is 2.29 bits per heavy atom. The van der Waals surface area contributed by atoms with Crippen molar-refractivity contribution in [2.24, 2.45) is 11.7 Å². The highest BCUT2D eigenvalue weighted by atomic mass is 16.7. The normalized spacial score (nSPS) is 13.4. The van der Waals surface area contributed by atoms with Gasteiger partial charge in [-0.05, 0) is 92.1 Å². The molecule has 2 aliphatic heterocycles. The zero-order chi connectivity index (χ0) is 51.9. The molecule has 1 unspecified atom stereocenters. The van der Waals surface area contributed by atoms with Gasteiger partial charge in [0.2, 0.25) is 24.5 Å². The highest BCUT2D eigenvalue weighted by Crippen LogP contribution is 2.38. The number of primary amides is 1. The van der Waals surface area contributed by atoms with Crippen LogP contribution in [0.25, 0.3) is 22.6 Å². The number of fused-ring (bicyclic) bond motifs is 1. The number of aromatic amines is 1. The largest absolute Gasteiger partial charge is 0.454 e. The van der Waals surface area contributed by atoms with Crippen molar-refractivity contribution < 1.29 is 47.8 Å². The molecule has 20 nitrogen and oxygen atoms in total. The van der Waals surface area contributed by atoms with Gasteiger partial charge in [-0.15, -0.1) is 0 Å². The molecule has 0 bridgehead atoms. The van der Waals surface area contributed by atoms with Gasteiger partial charge in [0.25, 0.3) is 11.8 Å². The van der Waals surface area contributed by atoms with Gasteiger partial charge < -0.3 is 46.2 Å². The van der Waals surface area contributed by atoms with Crippen molar-refractivity contribution in [1.29, 1.82) is 0 Å². The van der Waals surface area contributed by atoms with Crippen LogP contribution in [-0.2, 0) is 48.4 Å². The summed E-state index contributed by atoms with van der Waals surface area (Å²) in [5.41, 5.74) is 10.7. The number of ether oxygens (including phenoxy) is 3. The van der Waals surface area contributed by atoms with Gasteiger partial charge in [-0.25, -0.2) is 14.6 Å². The van der Waals surface area contributed by atoms with Crippen molar-refractivity contribution in [2.45, 2.75) is 91.1 Å². The number of nitrogens with two attached hydrogens (primary N) is 1. The number of anilines is 1. The van der Waals surface area contributed by atoms with E-state index < -0.39 is 36.0 Å². The van der Waals surface area contributed by atoms with Gasteiger partial charge in [-0.2, -0.15) is 0 Å². The number of pyridine rings is 1. The molecule has 0 spiro atoms. The summed E-state index contributed by atoms with van der Waals surface area (Å²) in [5, 5.41) is 10.9. The minimum atomic E-state index is -1.06. The number of rotatable bonds is 24. The Hall–Kier alpha value is -8.55. The quantitative estimate of drug-likeness (QED) is 0.0307. The third-order valence-electron chi connectivity index (χ3n) is 12.0. The fraction of sp³-hybridized carbons (Fsp3) is 0.340. The SMILES string of the molecule is Cc1cccc(-c2nc(CN(Cc3ccccc3)C(=O)OCc3ccc(NC(=O)C(CCCNC(N)=O)NC(=O)[C@@H](NC(=O)CCCCCN4C(=O)C=CC4=O)C(C)C)cc3)[nH]c2-c2ccc3c(c2)OCO3)n1. The van der Waals surface area contributed by atoms with E-state index in [0.717, 1.165) is 21.7 Å². The number of aryl methyl sites for hydroxylation is 1. The summed E-state index contributed by atoms with van der Waals surface area (Å²) in [6.07, 6.45) is 3.98. The maximum Gasteiger partial charge on any atom is 0.410 e. The topological polar surface area (TPSA) is 269 Å². The van der Waals surface area contributed by atoms with Crippen LogP contribution in [0.5, 0.6) is 11.5 Å². The van der Waals surface area contributed by atoms with Gasteiger partial charge in [-0.1, -0.05) is 68.8 Å². The van der Waals surface area contributed by atoms with Crippen LogP contribution >= 0.6 is 0 Å². The second kappa shape index (κ2) is 25.0. The highest BCUT2D eigenvalue weighted by molar-refractivity contribution is 6.12. The number of amides is 8. The van der Waals surface area contributed by atoms with Gasteiger partial charge in [-0.3, -0.25) is 38.8 Å². The molecule has 382 valence electrons. The van der Waals surface area contributed by atoms with Crippen molar-refractivity contribution in [3.63, 3.8) is 0 Å². The van der Waals surface area contributed by atoms with Gasteiger partial charge >= 0.3 is 12.1 Å². The minimum Gasteiger partial charge on any atom is -0.454 e. The average Bonchev–Trinajstić information content (AvgIpc) is 4.11. The standard InChI is InChI=1S/C53H60N10O10/c1-33(2)47(61-44(64)17-8-5-9-27-63-45(65)24-25-46(63)66)51(68)58-40(16-11-26-55-52(54)69)50(67)57-38-21-18-36(19-22-38)31-71-53(70)62(29-35-13-6-4-7-14-35)30-43-59-48(37-20-23-41-42(28-37)73-32-72-41)49(60-43)39-15-10-12-34(3)56-39/h4,6-7,10,12-15,18-25,28,33,40,47H,5,8-9,11,16-17,26-27,29-32H2,1-3H3,(H,57,67)(H,58,68)(H,59,60)(H,61,64)(H3,54,55,69)/t40?,47-/m0/s1. The first-order chi connectivity index (χ1) is 35.2. The summed E-state index contributed by atoms with van der Waals surface area (Å²) in [5.74, 6) is -0.771. The Kier molecular flexibility index (Phi) is 17.9. The number of hydrogen-bond acceptors (Lipinski definition) is 12. The molecule has 2 aliphatic rings. The molecule has 0 radical (unpaired) electrons. The van der Waals surface area contributed by atoms with E-state index in [2.05, 4.69) is 26.3 Å². The van der Waals surface area contributed by atoms with Gasteiger partial charge in [0.15, 0.2) is 11.5 Å². The lowest BCUT2D eigenvalue weighted by atomic mass is 10.0. The molecular formula is C53H60N10O10. The van der Waals surface area contributed by atoms with Crippen LogP contribution in [0.15, 0.2) is 103 Å². The number of carbonyl (C=O) groups is 7. The summed E-state index contributed by atoms with van der Waals surface area (Å²) in [4.78, 5) is 105. The predicted octanol–water partition coefficient (Wildman–Crippen LogP) is 6.01. The van der Waals surface area contributed by atoms with Gasteiger partial charge in [0, 0.05) is 55.2 Å². The van der Waals surface area contributed by atoms with E-state index in [-0.39, 0.29) is 76.1 Å². The average molecular weight is 997 g/mol. The fourth-order valence-electron chi connectivity index (χ4n) is 8.15. The van der Waals surface area contributed by atoms with Crippen LogP contribution in [0.3, 0.4) is 0 Å². The molecule has 20 heteroatoms. The van der Waals surface area contributed by atoms with Crippen LogP contribution in [0.2, 0.25) is 0 Å². The molecule has 0 aliphatic carbocycles.